The molecule has 6 rings (SSSR count). The molecule has 0 N–H and O–H groups in total. The van der Waals surface area contributed by atoms with E-state index in [-0.39, 0.29) is 33.0 Å². The van der Waals surface area contributed by atoms with Crippen LogP contribution in [0.1, 0.15) is 66.8 Å². The Kier molecular flexibility index (Phi) is 17.4. The number of nitrogens with zero attached hydrogens (tertiary/aromatic N) is 8. The standard InChI is InChI=1S/2C21H24N3.2C2H6N.Ti/c2*1-13-9-15(3)19(16(4)10-13)23-7-8-24(21(23)22)20-17(5)11-14(2)12-18(20)6;2*1-3-2;/h2*7-12H,1-6H3;2*1-2H3;/q4*-1;+4. The van der Waals surface area contributed by atoms with Crippen molar-refractivity contribution in [3.63, 3.8) is 0 Å². The van der Waals surface area contributed by atoms with Crippen LogP contribution in [0.2, 0.25) is 0 Å². The van der Waals surface area contributed by atoms with Gasteiger partial charge in [-0.3, -0.25) is 0 Å². The van der Waals surface area contributed by atoms with Crippen LogP contribution in [0.4, 0.5) is 0 Å². The van der Waals surface area contributed by atoms with Gasteiger partial charge in [-0.05, 0) is 175 Å². The molecule has 0 amide bonds. The summed E-state index contributed by atoms with van der Waals surface area (Å²) in [6, 6.07) is 17.2. The minimum absolute atomic E-state index is 0. The second-order valence-electron chi connectivity index (χ2n) is 14.6. The van der Waals surface area contributed by atoms with Gasteiger partial charge in [0.25, 0.3) is 0 Å². The molecule has 2 heterocycles. The van der Waals surface area contributed by atoms with Crippen LogP contribution in [0.25, 0.3) is 44.2 Å². The zero-order valence-electron chi connectivity index (χ0n) is 36.0. The molecule has 0 aliphatic rings. The molecule has 288 valence electrons. The SMILES string of the molecule is C[N-]C.C[N-]C.Cc1cc(C)c(-n2ccn(-c3c(C)cc(C)cc3C)c2=[N-])c(C)c1.Cc1cc(C)c(-n2ccn(-c3c(C)cc(C)cc3C)c2=[N-])c(C)c1.[Ti+4]. The van der Waals surface area contributed by atoms with E-state index in [0.717, 1.165) is 67.3 Å². The van der Waals surface area contributed by atoms with Gasteiger partial charge in [0.2, 0.25) is 0 Å². The Balaban J connectivity index is 0.000000327. The fraction of sp³-hybridized carbons (Fsp3) is 0.348. The molecule has 0 radical (unpaired) electrons. The molecule has 6 aromatic rings. The first kappa shape index (κ1) is 46.7. The summed E-state index contributed by atoms with van der Waals surface area (Å²) in [7, 11) is 7.00. The normalized spacial score (nSPS) is 10.3. The molecule has 9 heteroatoms. The van der Waals surface area contributed by atoms with E-state index in [9.17, 15) is 10.8 Å². The Morgan fingerprint density at radius 1 is 0.327 bits per heavy atom. The molecule has 2 aromatic heterocycles. The Bertz CT molecular complexity index is 1940. The number of aryl methyl sites for hydroxylation is 12. The fourth-order valence-electron chi connectivity index (χ4n) is 7.67. The summed E-state index contributed by atoms with van der Waals surface area (Å²) in [4.78, 5) is 0. The second kappa shape index (κ2) is 20.5. The van der Waals surface area contributed by atoms with Crippen molar-refractivity contribution in [2.75, 3.05) is 28.2 Å². The van der Waals surface area contributed by atoms with Crippen LogP contribution in [0.15, 0.2) is 73.3 Å². The summed E-state index contributed by atoms with van der Waals surface area (Å²) in [6.45, 7) is 25.1. The fourth-order valence-corrected chi connectivity index (χ4v) is 7.67. The van der Waals surface area contributed by atoms with Crippen LogP contribution >= 0.6 is 0 Å². The van der Waals surface area contributed by atoms with Crippen LogP contribution in [-0.4, -0.2) is 46.5 Å². The van der Waals surface area contributed by atoms with Gasteiger partial charge in [0, 0.05) is 11.2 Å². The van der Waals surface area contributed by atoms with Crippen molar-refractivity contribution in [3.05, 3.63) is 173 Å². The average molecular weight is 773 g/mol. The molecule has 55 heavy (non-hydrogen) atoms. The van der Waals surface area contributed by atoms with Gasteiger partial charge in [0.15, 0.2) is 0 Å². The summed E-state index contributed by atoms with van der Waals surface area (Å²) in [5, 5.41) is 28.8. The zero-order valence-corrected chi connectivity index (χ0v) is 37.6. The second-order valence-corrected chi connectivity index (χ2v) is 14.6. The van der Waals surface area contributed by atoms with Crippen molar-refractivity contribution in [2.45, 2.75) is 83.1 Å². The first-order valence-electron chi connectivity index (χ1n) is 18.3. The Labute approximate surface area is 345 Å². The first-order valence-corrected chi connectivity index (χ1v) is 18.3. The van der Waals surface area contributed by atoms with E-state index in [1.54, 1.807) is 28.2 Å². The van der Waals surface area contributed by atoms with Crippen molar-refractivity contribution < 1.29 is 21.7 Å². The summed E-state index contributed by atoms with van der Waals surface area (Å²) in [5.74, 6) is 0. The van der Waals surface area contributed by atoms with Gasteiger partial charge in [0.05, 0.1) is 0 Å². The quantitative estimate of drug-likeness (QED) is 0.160. The number of benzene rings is 4. The van der Waals surface area contributed by atoms with Gasteiger partial charge >= 0.3 is 21.7 Å². The number of rotatable bonds is 4. The number of aromatic nitrogens is 4. The van der Waals surface area contributed by atoms with E-state index in [1.807, 2.05) is 43.1 Å². The number of hydrogen-bond acceptors (Lipinski definition) is 0. The molecule has 0 aliphatic carbocycles. The van der Waals surface area contributed by atoms with Crippen molar-refractivity contribution in [1.29, 1.82) is 0 Å². The smallest absolute Gasteiger partial charge is 0.668 e. The first-order chi connectivity index (χ1) is 25.4. The van der Waals surface area contributed by atoms with Gasteiger partial charge in [-0.2, -0.15) is 28.2 Å². The Morgan fingerprint density at radius 3 is 0.582 bits per heavy atom. The maximum absolute atomic E-state index is 10.9. The molecule has 8 nitrogen and oxygen atoms in total. The largest absolute Gasteiger partial charge is 4.00 e. The summed E-state index contributed by atoms with van der Waals surface area (Å²) >= 11 is 0. The molecule has 0 aliphatic heterocycles. The van der Waals surface area contributed by atoms with Gasteiger partial charge in [-0.1, -0.05) is 70.8 Å². The zero-order chi connectivity index (χ0) is 40.6. The molecule has 0 saturated heterocycles. The van der Waals surface area contributed by atoms with Gasteiger partial charge in [-0.15, -0.1) is 0 Å². The third-order valence-electron chi connectivity index (χ3n) is 9.10. The van der Waals surface area contributed by atoms with E-state index in [0.29, 0.717) is 0 Å². The minimum Gasteiger partial charge on any atom is -0.668 e. The molecule has 0 saturated carbocycles. The van der Waals surface area contributed by atoms with Gasteiger partial charge < -0.3 is 39.7 Å². The number of hydrogen-bond donors (Lipinski definition) is 0. The predicted molar refractivity (Wildman–Crippen MR) is 230 cm³/mol. The third kappa shape index (κ3) is 10.9. The molecular formula is C46H60N8Ti. The molecular weight excluding hydrogens is 712 g/mol. The van der Waals surface area contributed by atoms with Crippen molar-refractivity contribution in [1.82, 2.24) is 18.3 Å². The van der Waals surface area contributed by atoms with Gasteiger partial charge in [-0.25, -0.2) is 0 Å². The maximum Gasteiger partial charge on any atom is 4.00 e. The summed E-state index contributed by atoms with van der Waals surface area (Å²) in [5.41, 5.74) is 18.8. The van der Waals surface area contributed by atoms with E-state index < -0.39 is 0 Å². The van der Waals surface area contributed by atoms with E-state index >= 15 is 0 Å². The predicted octanol–water partition coefficient (Wildman–Crippen LogP) is 10.4. The van der Waals surface area contributed by atoms with Crippen LogP contribution in [0.3, 0.4) is 0 Å². The summed E-state index contributed by atoms with van der Waals surface area (Å²) < 4.78 is 7.46. The number of imidazole rings is 2. The average Bonchev–Trinajstić information content (AvgIpc) is 3.58. The Hall–Kier alpha value is -4.47. The van der Waals surface area contributed by atoms with Crippen LogP contribution < -0.4 is 11.2 Å². The maximum atomic E-state index is 10.9. The minimum atomic E-state index is 0. The van der Waals surface area contributed by atoms with Crippen molar-refractivity contribution in [2.24, 2.45) is 0 Å². The molecule has 4 aromatic carbocycles. The molecule has 0 spiro atoms. The van der Waals surface area contributed by atoms with Gasteiger partial charge in [0.1, 0.15) is 0 Å². The van der Waals surface area contributed by atoms with E-state index in [2.05, 4.69) is 142 Å². The molecule has 0 fully saturated rings. The van der Waals surface area contributed by atoms with Crippen LogP contribution in [0, 0.1) is 83.1 Å². The monoisotopic (exact) mass is 772 g/mol. The van der Waals surface area contributed by atoms with Crippen molar-refractivity contribution in [3.8, 4) is 22.7 Å². The van der Waals surface area contributed by atoms with E-state index in [1.165, 1.54) is 22.3 Å². The molecule has 0 atom stereocenters. The van der Waals surface area contributed by atoms with Crippen molar-refractivity contribution >= 4 is 0 Å². The van der Waals surface area contributed by atoms with Crippen LogP contribution in [0.5, 0.6) is 0 Å². The van der Waals surface area contributed by atoms with E-state index in [4.69, 9.17) is 0 Å². The topological polar surface area (TPSA) is 92.5 Å². The van der Waals surface area contributed by atoms with Crippen LogP contribution in [-0.2, 0) is 21.7 Å². The Morgan fingerprint density at radius 2 is 0.455 bits per heavy atom. The molecule has 0 bridgehead atoms. The molecule has 0 unspecified atom stereocenters. The third-order valence-corrected chi connectivity index (χ3v) is 9.10. The summed E-state index contributed by atoms with van der Waals surface area (Å²) in [6.07, 6.45) is 7.72.